The third kappa shape index (κ3) is 58.0. The van der Waals surface area contributed by atoms with Crippen molar-refractivity contribution in [2.24, 2.45) is 5.92 Å². The highest BCUT2D eigenvalue weighted by Gasteiger charge is 2.39. The lowest BCUT2D eigenvalue weighted by Crippen LogP contribution is -2.50. The van der Waals surface area contributed by atoms with Gasteiger partial charge in [0.15, 0.2) is 0 Å². The van der Waals surface area contributed by atoms with Gasteiger partial charge in [-0.25, -0.2) is 8.78 Å². The second-order valence-corrected chi connectivity index (χ2v) is 43.5. The molecule has 23 nitrogen and oxygen atoms in total. The summed E-state index contributed by atoms with van der Waals surface area (Å²) in [4.78, 5) is 20.2. The summed E-state index contributed by atoms with van der Waals surface area (Å²) < 4.78 is 83.8. The fourth-order valence-electron chi connectivity index (χ4n) is 15.0. The van der Waals surface area contributed by atoms with Crippen molar-refractivity contribution in [2.75, 3.05) is 198 Å². The third-order valence-electron chi connectivity index (χ3n) is 22.3. The van der Waals surface area contributed by atoms with E-state index in [1.807, 2.05) is 32.8 Å². The Balaban J connectivity index is 0.000000350. The van der Waals surface area contributed by atoms with Crippen LogP contribution in [0.2, 0.25) is 0 Å². The zero-order valence-electron chi connectivity index (χ0n) is 81.4. The maximum absolute atomic E-state index is 14.6. The summed E-state index contributed by atoms with van der Waals surface area (Å²) in [5.74, 6) is 0.889. The van der Waals surface area contributed by atoms with Crippen LogP contribution in [0.4, 0.5) is 8.78 Å². The van der Waals surface area contributed by atoms with E-state index in [1.165, 1.54) is 77.2 Å². The third-order valence-corrected chi connectivity index (χ3v) is 22.3. The van der Waals surface area contributed by atoms with Gasteiger partial charge < -0.3 is 99.7 Å². The van der Waals surface area contributed by atoms with Crippen LogP contribution in [0.25, 0.3) is 0 Å². The van der Waals surface area contributed by atoms with Gasteiger partial charge in [-0.05, 0) is 276 Å². The Morgan fingerprint density at radius 3 is 1.40 bits per heavy atom. The zero-order valence-corrected chi connectivity index (χ0v) is 81.4. The topological polar surface area (TPSA) is 219 Å². The van der Waals surface area contributed by atoms with Crippen molar-refractivity contribution in [3.05, 3.63) is 0 Å². The van der Waals surface area contributed by atoms with E-state index in [0.29, 0.717) is 95.1 Å². The fourth-order valence-corrected chi connectivity index (χ4v) is 15.0. The second-order valence-electron chi connectivity index (χ2n) is 43.5. The highest BCUT2D eigenvalue weighted by atomic mass is 19.1. The lowest BCUT2D eigenvalue weighted by Gasteiger charge is -2.39. The number of amides is 1. The number of carbonyl (C=O) groups is 1. The quantitative estimate of drug-likeness (QED) is 0.0536. The van der Waals surface area contributed by atoms with Crippen molar-refractivity contribution in [3.8, 4) is 0 Å². The summed E-state index contributed by atoms with van der Waals surface area (Å²) >= 11 is 0. The van der Waals surface area contributed by atoms with Crippen LogP contribution in [0.1, 0.15) is 283 Å². The Bertz CT molecular complexity index is 2510. The molecule has 8 N–H and O–H groups in total. The Labute approximate surface area is 722 Å². The number of likely N-dealkylation sites (N-methyl/N-ethyl adjacent to an activating group) is 1. The normalized spacial score (nSPS) is 26.9. The number of nitrogens with zero attached hydrogens (tertiary/aromatic N) is 4. The van der Waals surface area contributed by atoms with Gasteiger partial charge in [0.05, 0.1) is 88.0 Å². The summed E-state index contributed by atoms with van der Waals surface area (Å²) in [6.45, 7) is 78.8. The molecule has 5 unspecified atom stereocenters. The molecule has 2 aliphatic carbocycles. The maximum Gasteiger partial charge on any atom is 0.219 e. The number of hydrogen-bond donors (Lipinski definition) is 8. The maximum atomic E-state index is 14.6. The molecule has 0 radical (unpaired) electrons. The number of methoxy groups -OCH3 is 1. The molecule has 25 heteroatoms. The van der Waals surface area contributed by atoms with E-state index in [4.69, 9.17) is 47.4 Å². The van der Waals surface area contributed by atoms with E-state index >= 15 is 0 Å². The molecule has 8 saturated heterocycles. The second kappa shape index (κ2) is 55.3. The highest BCUT2D eigenvalue weighted by molar-refractivity contribution is 5.73. The minimum absolute atomic E-state index is 0.00259. The van der Waals surface area contributed by atoms with Crippen LogP contribution in [0.15, 0.2) is 0 Å². The van der Waals surface area contributed by atoms with E-state index < -0.39 is 11.3 Å². The van der Waals surface area contributed by atoms with Crippen molar-refractivity contribution in [1.82, 2.24) is 62.1 Å². The first kappa shape index (κ1) is 111. The molecule has 0 aromatic rings. The number of halogens is 2. The van der Waals surface area contributed by atoms with E-state index in [2.05, 4.69) is 217 Å². The summed E-state index contributed by atoms with van der Waals surface area (Å²) in [7, 11) is 3.96. The van der Waals surface area contributed by atoms with Crippen LogP contribution in [0, 0.1) is 5.92 Å². The van der Waals surface area contributed by atoms with Gasteiger partial charge in [0.25, 0.3) is 0 Å². The molecule has 1 amide bonds. The van der Waals surface area contributed by atoms with Gasteiger partial charge in [-0.15, -0.1) is 0 Å². The van der Waals surface area contributed by atoms with Crippen molar-refractivity contribution >= 4 is 5.91 Å². The average Bonchev–Trinajstić information content (AvgIpc) is 1.82. The molecular weight excluding hydrogens is 1500 g/mol. The first-order valence-corrected chi connectivity index (χ1v) is 46.6. The smallest absolute Gasteiger partial charge is 0.219 e. The standard InChI is InChI=1S/C15H30N2O.C14H26FNO2.C12H26N2O.C12H24O2.C11H22N2O2.C10H20FNO.C10H22N2O.C9H20N2O/c1-15(2,3)17-14-6-4-12(5-7-14)16-13-8-10-18-11-9-13;1-13(2,3)18-11-14(15)5-7-16(8-6-14)12-4-9-17-10-12;1-5-6-14-7-8-15-11(10-14)9-13-12(2,3)4;1-12(2,3)14-9-10-5-7-11(13-4)8-6-10;1-9(14)13-5-6-15-10(8-13)7-12-11(2,3)4;1-9(2,3)12-8-10(11)4-6-13-7-5-10;1-10(2,3)11-7-9-8-12(4)5-6-13-9;1-9(2,3)11-7-8-6-10-4-5-12-8/h12-14,16-17H,4-11H2,1-3H3;12H,4-11H2,1-3H3;11,13H,5-10H2,1-4H3;10-11H,5-9H2,1-4H3;10,12H,5-8H2,1-4H3;12H,4-8H2,1-3H3;9,11H,5-8H2,1-4H3;8,10-11H,4-7H2,1-3H3. The van der Waals surface area contributed by atoms with E-state index in [0.717, 1.165) is 162 Å². The molecule has 118 heavy (non-hydrogen) atoms. The summed E-state index contributed by atoms with van der Waals surface area (Å²) in [5.41, 5.74) is -1.50. The molecule has 8 aliphatic heterocycles. The summed E-state index contributed by atoms with van der Waals surface area (Å²) in [6, 6.07) is 2.68. The number of likely N-dealkylation sites (tertiary alicyclic amines) is 1. The summed E-state index contributed by atoms with van der Waals surface area (Å²) in [5, 5.41) is 27.9. The fraction of sp³-hybridized carbons (Fsp3) is 0.989. The van der Waals surface area contributed by atoms with E-state index in [1.54, 1.807) is 6.92 Å². The lowest BCUT2D eigenvalue weighted by atomic mass is 9.88. The van der Waals surface area contributed by atoms with Gasteiger partial charge in [0.1, 0.15) is 11.3 Å². The minimum atomic E-state index is -1.14. The van der Waals surface area contributed by atoms with Gasteiger partial charge in [-0.3, -0.25) is 14.6 Å². The average molecular weight is 1690 g/mol. The number of ether oxygens (including phenoxy) is 10. The van der Waals surface area contributed by atoms with Gasteiger partial charge >= 0.3 is 0 Å². The number of carbonyl (C=O) groups excluding carboxylic acids is 1. The van der Waals surface area contributed by atoms with Crippen LogP contribution in [0.3, 0.4) is 0 Å². The molecule has 2 saturated carbocycles. The minimum Gasteiger partial charge on any atom is -0.381 e. The predicted octanol–water partition coefficient (Wildman–Crippen LogP) is 12.9. The molecule has 702 valence electrons. The lowest BCUT2D eigenvalue weighted by molar-refractivity contribution is -0.136. The molecule has 0 aromatic heterocycles. The predicted molar refractivity (Wildman–Crippen MR) is 485 cm³/mol. The van der Waals surface area contributed by atoms with Crippen LogP contribution in [-0.4, -0.2) is 334 Å². The number of morpholine rings is 4. The highest BCUT2D eigenvalue weighted by Crippen LogP contribution is 2.32. The SMILES string of the molecule is CC(=O)N1CCOC(CNC(C)(C)C)C1.CC(C)(C)NC1CCC(NC2CCOCC2)CC1.CC(C)(C)NCC1(F)CCOCC1.CC(C)(C)NCC1CNCCO1.CC(C)(C)OCC1(F)CCN(C2CCOC2)CC1.CCCN1CCOC(CNC(C)(C)C)C1.CN1CCOC(CNC(C)(C)C)C1.COC1CCC(COC(C)(C)C)CC1. The van der Waals surface area contributed by atoms with Crippen molar-refractivity contribution < 1.29 is 60.9 Å². The molecule has 0 spiro atoms. The number of nitrogens with one attached hydrogen (secondary N) is 8. The van der Waals surface area contributed by atoms with Crippen molar-refractivity contribution in [3.63, 3.8) is 0 Å². The molecule has 10 rings (SSSR count). The molecule has 10 fully saturated rings. The Morgan fingerprint density at radius 1 is 0.475 bits per heavy atom. The zero-order chi connectivity index (χ0) is 88.5. The molecule has 0 bridgehead atoms. The van der Waals surface area contributed by atoms with Gasteiger partial charge in [-0.2, -0.15) is 0 Å². The van der Waals surface area contributed by atoms with Gasteiger partial charge in [0.2, 0.25) is 5.91 Å². The molecule has 8 heterocycles. The number of rotatable bonds is 21. The number of alkyl halides is 2. The van der Waals surface area contributed by atoms with Gasteiger partial charge in [0, 0.05) is 215 Å². The molecule has 5 atom stereocenters. The number of hydrogen-bond acceptors (Lipinski definition) is 22. The van der Waals surface area contributed by atoms with Crippen molar-refractivity contribution in [1.29, 1.82) is 0 Å². The Morgan fingerprint density at radius 2 is 0.941 bits per heavy atom. The first-order chi connectivity index (χ1) is 54.8. The van der Waals surface area contributed by atoms with Crippen LogP contribution in [0.5, 0.6) is 0 Å². The monoisotopic (exact) mass is 1690 g/mol. The molecule has 10 aliphatic rings. The van der Waals surface area contributed by atoms with E-state index in [9.17, 15) is 13.6 Å². The Hall–Kier alpha value is -1.51. The van der Waals surface area contributed by atoms with Crippen LogP contribution < -0.4 is 42.5 Å². The number of piperidine rings is 1. The molecular formula is C93H190F2N12O11. The largest absolute Gasteiger partial charge is 0.381 e. The van der Waals surface area contributed by atoms with Crippen LogP contribution in [-0.2, 0) is 52.2 Å². The summed E-state index contributed by atoms with van der Waals surface area (Å²) in [6.07, 6.45) is 18.8. The van der Waals surface area contributed by atoms with Gasteiger partial charge in [-0.1, -0.05) is 6.92 Å². The Kier molecular flexibility index (Phi) is 51.8. The van der Waals surface area contributed by atoms with Crippen LogP contribution >= 0.6 is 0 Å². The first-order valence-electron chi connectivity index (χ1n) is 46.6. The van der Waals surface area contributed by atoms with E-state index in [-0.39, 0.29) is 63.1 Å². The van der Waals surface area contributed by atoms with Crippen molar-refractivity contribution in [2.45, 2.75) is 393 Å². The molecule has 0 aromatic carbocycles.